The first kappa shape index (κ1) is 15.8. The van der Waals surface area contributed by atoms with Crippen LogP contribution in [0.4, 0.5) is 0 Å². The summed E-state index contributed by atoms with van der Waals surface area (Å²) >= 11 is 5.84. The third kappa shape index (κ3) is 6.45. The van der Waals surface area contributed by atoms with E-state index in [2.05, 4.69) is 5.32 Å². The summed E-state index contributed by atoms with van der Waals surface area (Å²) in [5, 5.41) is 12.0. The molecule has 5 heteroatoms. The van der Waals surface area contributed by atoms with Crippen molar-refractivity contribution in [2.45, 2.75) is 32.3 Å². The van der Waals surface area contributed by atoms with Crippen LogP contribution in [0.5, 0.6) is 5.75 Å². The van der Waals surface area contributed by atoms with Crippen molar-refractivity contribution in [1.82, 2.24) is 5.32 Å². The molecule has 2 N–H and O–H groups in total. The summed E-state index contributed by atoms with van der Waals surface area (Å²) in [5.74, 6) is 0.430. The van der Waals surface area contributed by atoms with Crippen LogP contribution in [0.25, 0.3) is 0 Å². The molecule has 0 aliphatic carbocycles. The molecule has 0 radical (unpaired) electrons. The number of ether oxygens (including phenoxy) is 1. The van der Waals surface area contributed by atoms with E-state index in [1.54, 1.807) is 31.2 Å². The van der Waals surface area contributed by atoms with Gasteiger partial charge in [0.05, 0.1) is 0 Å². The number of benzene rings is 1. The van der Waals surface area contributed by atoms with Gasteiger partial charge in [0, 0.05) is 18.2 Å². The highest BCUT2D eigenvalue weighted by Gasteiger charge is 2.13. The average Bonchev–Trinajstić information content (AvgIpc) is 2.38. The second kappa shape index (κ2) is 8.77. The van der Waals surface area contributed by atoms with Crippen molar-refractivity contribution >= 4 is 17.5 Å². The Labute approximate surface area is 118 Å². The number of aliphatic hydroxyl groups is 1. The summed E-state index contributed by atoms with van der Waals surface area (Å²) in [4.78, 5) is 11.7. The number of nitrogens with one attached hydrogen (secondary N) is 1. The first-order chi connectivity index (χ1) is 9.13. The Kier molecular flexibility index (Phi) is 7.30. The lowest BCUT2D eigenvalue weighted by molar-refractivity contribution is -0.127. The molecule has 0 aliphatic rings. The van der Waals surface area contributed by atoms with Crippen molar-refractivity contribution in [2.75, 3.05) is 13.2 Å². The zero-order valence-corrected chi connectivity index (χ0v) is 11.8. The largest absolute Gasteiger partial charge is 0.481 e. The number of unbranched alkanes of at least 4 members (excludes halogenated alkanes) is 2. The van der Waals surface area contributed by atoms with Crippen molar-refractivity contribution in [3.05, 3.63) is 29.3 Å². The molecule has 19 heavy (non-hydrogen) atoms. The molecular weight excluding hydrogens is 266 g/mol. The Hall–Kier alpha value is -1.26. The highest BCUT2D eigenvalue weighted by Crippen LogP contribution is 2.18. The van der Waals surface area contributed by atoms with Crippen LogP contribution in [0.3, 0.4) is 0 Å². The van der Waals surface area contributed by atoms with Gasteiger partial charge >= 0.3 is 0 Å². The second-order valence-electron chi connectivity index (χ2n) is 4.29. The van der Waals surface area contributed by atoms with E-state index in [9.17, 15) is 4.79 Å². The molecule has 1 aromatic carbocycles. The quantitative estimate of drug-likeness (QED) is 0.721. The van der Waals surface area contributed by atoms with Gasteiger partial charge in [-0.05, 0) is 44.4 Å². The third-order valence-corrected chi connectivity index (χ3v) is 2.85. The predicted octanol–water partition coefficient (Wildman–Crippen LogP) is 2.39. The van der Waals surface area contributed by atoms with Crippen LogP contribution >= 0.6 is 11.6 Å². The fourth-order valence-electron chi connectivity index (χ4n) is 1.57. The number of hydrogen-bond donors (Lipinski definition) is 2. The molecule has 1 rings (SSSR count). The Bertz CT molecular complexity index is 398. The smallest absolute Gasteiger partial charge is 0.260 e. The average molecular weight is 286 g/mol. The molecule has 4 nitrogen and oxygen atoms in total. The monoisotopic (exact) mass is 285 g/mol. The second-order valence-corrected chi connectivity index (χ2v) is 4.73. The van der Waals surface area contributed by atoms with Crippen LogP contribution in [0.1, 0.15) is 26.2 Å². The van der Waals surface area contributed by atoms with E-state index in [1.807, 2.05) is 0 Å². The van der Waals surface area contributed by atoms with Crippen LogP contribution in [-0.4, -0.2) is 30.3 Å². The molecule has 0 fully saturated rings. The van der Waals surface area contributed by atoms with Gasteiger partial charge < -0.3 is 15.2 Å². The molecule has 1 aromatic rings. The lowest BCUT2D eigenvalue weighted by Crippen LogP contribution is -2.36. The summed E-state index contributed by atoms with van der Waals surface area (Å²) in [7, 11) is 0. The maximum Gasteiger partial charge on any atom is 0.260 e. The lowest BCUT2D eigenvalue weighted by Gasteiger charge is -2.14. The van der Waals surface area contributed by atoms with Gasteiger partial charge in [-0.15, -0.1) is 0 Å². The molecular formula is C14H20ClNO3. The van der Waals surface area contributed by atoms with Crippen molar-refractivity contribution in [3.8, 4) is 5.75 Å². The summed E-state index contributed by atoms with van der Waals surface area (Å²) in [6.07, 6.45) is 1.97. The minimum atomic E-state index is -0.559. The fourth-order valence-corrected chi connectivity index (χ4v) is 1.75. The van der Waals surface area contributed by atoms with Gasteiger partial charge in [-0.1, -0.05) is 17.7 Å². The molecule has 1 atom stereocenters. The number of carbonyl (C=O) groups excluding carboxylic acids is 1. The van der Waals surface area contributed by atoms with E-state index in [0.717, 1.165) is 19.3 Å². The maximum atomic E-state index is 11.7. The molecule has 0 bridgehead atoms. The van der Waals surface area contributed by atoms with Crippen LogP contribution in [0, 0.1) is 0 Å². The third-order valence-electron chi connectivity index (χ3n) is 2.61. The molecule has 0 aromatic heterocycles. The van der Waals surface area contributed by atoms with Crippen molar-refractivity contribution in [1.29, 1.82) is 0 Å². The molecule has 0 aliphatic heterocycles. The van der Waals surface area contributed by atoms with Gasteiger partial charge in [0.2, 0.25) is 0 Å². The Morgan fingerprint density at radius 3 is 2.89 bits per heavy atom. The Morgan fingerprint density at radius 2 is 2.21 bits per heavy atom. The highest BCUT2D eigenvalue weighted by atomic mass is 35.5. The zero-order valence-electron chi connectivity index (χ0n) is 11.1. The predicted molar refractivity (Wildman–Crippen MR) is 75.5 cm³/mol. The number of amides is 1. The van der Waals surface area contributed by atoms with E-state index in [4.69, 9.17) is 21.4 Å². The van der Waals surface area contributed by atoms with Gasteiger partial charge in [-0.25, -0.2) is 0 Å². The SMILES string of the molecule is CC(Oc1cccc(Cl)c1)C(=O)NCCCCCO. The van der Waals surface area contributed by atoms with E-state index in [1.165, 1.54) is 0 Å². The number of aliphatic hydroxyl groups excluding tert-OH is 1. The topological polar surface area (TPSA) is 58.6 Å². The number of halogens is 1. The fraction of sp³-hybridized carbons (Fsp3) is 0.500. The molecule has 106 valence electrons. The Morgan fingerprint density at radius 1 is 1.42 bits per heavy atom. The van der Waals surface area contributed by atoms with E-state index in [-0.39, 0.29) is 12.5 Å². The van der Waals surface area contributed by atoms with Gasteiger partial charge in [-0.2, -0.15) is 0 Å². The number of hydrogen-bond acceptors (Lipinski definition) is 3. The van der Waals surface area contributed by atoms with Gasteiger partial charge in [0.1, 0.15) is 5.75 Å². The highest BCUT2D eigenvalue weighted by molar-refractivity contribution is 6.30. The maximum absolute atomic E-state index is 11.7. The van der Waals surface area contributed by atoms with Crippen LogP contribution in [0.2, 0.25) is 5.02 Å². The standard InChI is InChI=1S/C14H20ClNO3/c1-11(14(18)16-8-3-2-4-9-17)19-13-7-5-6-12(15)10-13/h5-7,10-11,17H,2-4,8-9H2,1H3,(H,16,18). The van der Waals surface area contributed by atoms with Crippen LogP contribution in [-0.2, 0) is 4.79 Å². The lowest BCUT2D eigenvalue weighted by atomic mass is 10.2. The zero-order chi connectivity index (χ0) is 14.1. The van der Waals surface area contributed by atoms with Gasteiger partial charge in [-0.3, -0.25) is 4.79 Å². The minimum Gasteiger partial charge on any atom is -0.481 e. The van der Waals surface area contributed by atoms with Crippen molar-refractivity contribution in [3.63, 3.8) is 0 Å². The molecule has 1 amide bonds. The first-order valence-electron chi connectivity index (χ1n) is 6.44. The van der Waals surface area contributed by atoms with E-state index in [0.29, 0.717) is 17.3 Å². The molecule has 1 unspecified atom stereocenters. The Balaban J connectivity index is 2.28. The number of carbonyl (C=O) groups is 1. The molecule has 0 saturated heterocycles. The van der Waals surface area contributed by atoms with E-state index < -0.39 is 6.10 Å². The van der Waals surface area contributed by atoms with Crippen LogP contribution < -0.4 is 10.1 Å². The molecule has 0 heterocycles. The minimum absolute atomic E-state index is 0.149. The normalized spacial score (nSPS) is 11.9. The van der Waals surface area contributed by atoms with Gasteiger partial charge in [0.15, 0.2) is 6.10 Å². The van der Waals surface area contributed by atoms with Crippen molar-refractivity contribution < 1.29 is 14.6 Å². The van der Waals surface area contributed by atoms with Crippen molar-refractivity contribution in [2.24, 2.45) is 0 Å². The van der Waals surface area contributed by atoms with Gasteiger partial charge in [0.25, 0.3) is 5.91 Å². The number of rotatable bonds is 8. The summed E-state index contributed by atoms with van der Waals surface area (Å²) in [6.45, 7) is 2.49. The summed E-state index contributed by atoms with van der Waals surface area (Å²) in [5.41, 5.74) is 0. The molecule has 0 spiro atoms. The van der Waals surface area contributed by atoms with E-state index >= 15 is 0 Å². The first-order valence-corrected chi connectivity index (χ1v) is 6.82. The summed E-state index contributed by atoms with van der Waals surface area (Å²) < 4.78 is 5.50. The summed E-state index contributed by atoms with van der Waals surface area (Å²) in [6, 6.07) is 6.96. The molecule has 0 saturated carbocycles. The van der Waals surface area contributed by atoms with Crippen LogP contribution in [0.15, 0.2) is 24.3 Å².